The van der Waals surface area contributed by atoms with Gasteiger partial charge in [0.1, 0.15) is 0 Å². The van der Waals surface area contributed by atoms with Crippen LogP contribution in [0.3, 0.4) is 0 Å². The highest BCUT2D eigenvalue weighted by molar-refractivity contribution is 4.95. The highest BCUT2D eigenvalue weighted by Crippen LogP contribution is 2.48. The summed E-state index contributed by atoms with van der Waals surface area (Å²) in [5, 5.41) is 3.84. The van der Waals surface area contributed by atoms with E-state index in [4.69, 9.17) is 4.74 Å². The summed E-state index contributed by atoms with van der Waals surface area (Å²) in [6.45, 7) is 6.92. The molecule has 2 nitrogen and oxygen atoms in total. The van der Waals surface area contributed by atoms with Crippen molar-refractivity contribution < 1.29 is 4.74 Å². The molecule has 0 saturated heterocycles. The van der Waals surface area contributed by atoms with E-state index in [0.29, 0.717) is 5.41 Å². The van der Waals surface area contributed by atoms with E-state index in [-0.39, 0.29) is 0 Å². The molecule has 0 bridgehead atoms. The predicted octanol–water partition coefficient (Wildman–Crippen LogP) is 3.61. The normalized spacial score (nSPS) is 30.7. The second kappa shape index (κ2) is 6.38. The van der Waals surface area contributed by atoms with Crippen LogP contribution >= 0.6 is 0 Å². The smallest absolute Gasteiger partial charge is 0.0468 e. The zero-order valence-corrected chi connectivity index (χ0v) is 12.5. The molecular weight excluding hydrogens is 222 g/mol. The van der Waals surface area contributed by atoms with Gasteiger partial charge in [-0.2, -0.15) is 0 Å². The van der Waals surface area contributed by atoms with Gasteiger partial charge in [-0.3, -0.25) is 0 Å². The Kier molecular flexibility index (Phi) is 5.08. The van der Waals surface area contributed by atoms with E-state index in [1.165, 1.54) is 51.5 Å². The molecule has 0 amide bonds. The minimum Gasteiger partial charge on any atom is -0.385 e. The van der Waals surface area contributed by atoms with Gasteiger partial charge in [0.2, 0.25) is 0 Å². The Morgan fingerprint density at radius 2 is 1.83 bits per heavy atom. The van der Waals surface area contributed by atoms with E-state index < -0.39 is 0 Å². The van der Waals surface area contributed by atoms with E-state index >= 15 is 0 Å². The second-order valence-electron chi connectivity index (χ2n) is 6.98. The molecule has 0 unspecified atom stereocenters. The molecular formula is C16H31NO. The zero-order valence-electron chi connectivity index (χ0n) is 12.5. The maximum Gasteiger partial charge on any atom is 0.0468 e. The van der Waals surface area contributed by atoms with Gasteiger partial charge in [-0.1, -0.05) is 13.8 Å². The van der Waals surface area contributed by atoms with E-state index in [0.717, 1.165) is 24.5 Å². The fourth-order valence-corrected chi connectivity index (χ4v) is 3.36. The van der Waals surface area contributed by atoms with Crippen LogP contribution in [0.1, 0.15) is 58.8 Å². The van der Waals surface area contributed by atoms with Crippen molar-refractivity contribution >= 4 is 0 Å². The van der Waals surface area contributed by atoms with E-state index in [9.17, 15) is 0 Å². The predicted molar refractivity (Wildman–Crippen MR) is 76.7 cm³/mol. The standard InChI is InChI=1S/C16H31NO/c1-13(2)14-4-6-15(7-5-14)17-12-16(8-9-16)10-11-18-3/h13-15,17H,4-12H2,1-3H3. The van der Waals surface area contributed by atoms with Crippen molar-refractivity contribution in [2.45, 2.75) is 64.8 Å². The molecule has 2 aliphatic rings. The van der Waals surface area contributed by atoms with Gasteiger partial charge in [0.15, 0.2) is 0 Å². The molecule has 2 fully saturated rings. The number of ether oxygens (including phenoxy) is 1. The van der Waals surface area contributed by atoms with Crippen molar-refractivity contribution in [2.24, 2.45) is 17.3 Å². The van der Waals surface area contributed by atoms with Crippen LogP contribution in [0.4, 0.5) is 0 Å². The van der Waals surface area contributed by atoms with Crippen molar-refractivity contribution in [3.63, 3.8) is 0 Å². The highest BCUT2D eigenvalue weighted by atomic mass is 16.5. The summed E-state index contributed by atoms with van der Waals surface area (Å²) in [5.74, 6) is 1.86. The molecule has 2 rings (SSSR count). The van der Waals surface area contributed by atoms with Crippen LogP contribution in [0.2, 0.25) is 0 Å². The Bertz CT molecular complexity index is 239. The Labute approximate surface area is 113 Å². The molecule has 106 valence electrons. The van der Waals surface area contributed by atoms with Crippen molar-refractivity contribution in [2.75, 3.05) is 20.3 Å². The van der Waals surface area contributed by atoms with Gasteiger partial charge in [0.05, 0.1) is 0 Å². The quantitative estimate of drug-likeness (QED) is 0.748. The lowest BCUT2D eigenvalue weighted by Gasteiger charge is -2.32. The summed E-state index contributed by atoms with van der Waals surface area (Å²) in [5.41, 5.74) is 0.602. The first kappa shape index (κ1) is 14.3. The fourth-order valence-electron chi connectivity index (χ4n) is 3.36. The molecule has 0 heterocycles. The highest BCUT2D eigenvalue weighted by Gasteiger charge is 2.42. The lowest BCUT2D eigenvalue weighted by molar-refractivity contribution is 0.167. The molecule has 0 radical (unpaired) electrons. The van der Waals surface area contributed by atoms with E-state index in [2.05, 4.69) is 19.2 Å². The average molecular weight is 253 g/mol. The molecule has 0 aromatic rings. The first-order chi connectivity index (χ1) is 8.65. The summed E-state index contributed by atoms with van der Waals surface area (Å²) in [6, 6.07) is 0.792. The van der Waals surface area contributed by atoms with Gasteiger partial charge in [-0.05, 0) is 62.2 Å². The Morgan fingerprint density at radius 1 is 1.17 bits per heavy atom. The minimum atomic E-state index is 0.602. The number of hydrogen-bond donors (Lipinski definition) is 1. The summed E-state index contributed by atoms with van der Waals surface area (Å²) < 4.78 is 5.22. The van der Waals surface area contributed by atoms with Crippen LogP contribution in [0.25, 0.3) is 0 Å². The number of rotatable bonds is 7. The van der Waals surface area contributed by atoms with Crippen LogP contribution in [-0.4, -0.2) is 26.3 Å². The summed E-state index contributed by atoms with van der Waals surface area (Å²) in [4.78, 5) is 0. The van der Waals surface area contributed by atoms with Gasteiger partial charge >= 0.3 is 0 Å². The summed E-state index contributed by atoms with van der Waals surface area (Å²) in [6.07, 6.45) is 9.71. The monoisotopic (exact) mass is 253 g/mol. The van der Waals surface area contributed by atoms with Gasteiger partial charge < -0.3 is 10.1 Å². The maximum atomic E-state index is 5.22. The van der Waals surface area contributed by atoms with Gasteiger partial charge in [-0.15, -0.1) is 0 Å². The van der Waals surface area contributed by atoms with E-state index in [1.807, 2.05) is 7.11 Å². The molecule has 1 N–H and O–H groups in total. The largest absolute Gasteiger partial charge is 0.385 e. The lowest BCUT2D eigenvalue weighted by Crippen LogP contribution is -2.37. The molecule has 2 heteroatoms. The molecule has 2 saturated carbocycles. The average Bonchev–Trinajstić information content (AvgIpc) is 3.15. The topological polar surface area (TPSA) is 21.3 Å². The summed E-state index contributed by atoms with van der Waals surface area (Å²) in [7, 11) is 1.82. The second-order valence-corrected chi connectivity index (χ2v) is 6.98. The first-order valence-electron chi connectivity index (χ1n) is 7.87. The van der Waals surface area contributed by atoms with Crippen LogP contribution < -0.4 is 5.32 Å². The molecule has 0 atom stereocenters. The Balaban J connectivity index is 1.63. The van der Waals surface area contributed by atoms with Gasteiger partial charge in [0.25, 0.3) is 0 Å². The minimum absolute atomic E-state index is 0.602. The van der Waals surface area contributed by atoms with Crippen LogP contribution in [0.15, 0.2) is 0 Å². The SMILES string of the molecule is COCCC1(CNC2CCC(C(C)C)CC2)CC1. The fraction of sp³-hybridized carbons (Fsp3) is 1.00. The van der Waals surface area contributed by atoms with Crippen molar-refractivity contribution in [3.05, 3.63) is 0 Å². The van der Waals surface area contributed by atoms with Crippen molar-refractivity contribution in [1.29, 1.82) is 0 Å². The maximum absolute atomic E-state index is 5.22. The van der Waals surface area contributed by atoms with Crippen LogP contribution in [-0.2, 0) is 4.74 Å². The van der Waals surface area contributed by atoms with Crippen LogP contribution in [0.5, 0.6) is 0 Å². The molecule has 0 aromatic carbocycles. The first-order valence-corrected chi connectivity index (χ1v) is 7.87. The number of hydrogen-bond acceptors (Lipinski definition) is 2. The third-order valence-electron chi connectivity index (χ3n) is 5.27. The van der Waals surface area contributed by atoms with Crippen molar-refractivity contribution in [1.82, 2.24) is 5.32 Å². The third-order valence-corrected chi connectivity index (χ3v) is 5.27. The third kappa shape index (κ3) is 3.96. The van der Waals surface area contributed by atoms with Crippen molar-refractivity contribution in [3.8, 4) is 0 Å². The van der Waals surface area contributed by atoms with Gasteiger partial charge in [0, 0.05) is 26.3 Å². The molecule has 2 aliphatic carbocycles. The molecule has 0 aliphatic heterocycles. The summed E-state index contributed by atoms with van der Waals surface area (Å²) >= 11 is 0. The number of nitrogens with one attached hydrogen (secondary N) is 1. The van der Waals surface area contributed by atoms with Gasteiger partial charge in [-0.25, -0.2) is 0 Å². The Morgan fingerprint density at radius 3 is 2.33 bits per heavy atom. The zero-order chi connectivity index (χ0) is 13.0. The Hall–Kier alpha value is -0.0800. The molecule has 18 heavy (non-hydrogen) atoms. The molecule has 0 spiro atoms. The van der Waals surface area contributed by atoms with E-state index in [1.54, 1.807) is 0 Å². The molecule has 0 aromatic heterocycles. The van der Waals surface area contributed by atoms with Crippen LogP contribution in [0, 0.1) is 17.3 Å². The lowest BCUT2D eigenvalue weighted by atomic mass is 9.79. The number of methoxy groups -OCH3 is 1.